The average molecular weight is 331 g/mol. The Morgan fingerprint density at radius 3 is 2.60 bits per heavy atom. The first kappa shape index (κ1) is 15.3. The SMILES string of the molecule is O=C(C1=CCc2c1cc[nH]c2=O)c1cccc(-c2ccc(F)cc2)c1. The van der Waals surface area contributed by atoms with Crippen LogP contribution in [0.25, 0.3) is 16.7 Å². The van der Waals surface area contributed by atoms with Gasteiger partial charge in [-0.25, -0.2) is 4.39 Å². The predicted octanol–water partition coefficient (Wildman–Crippen LogP) is 4.00. The number of hydrogen-bond donors (Lipinski definition) is 1. The molecule has 1 aliphatic carbocycles. The molecule has 3 aromatic rings. The van der Waals surface area contributed by atoms with Gasteiger partial charge in [0.05, 0.1) is 0 Å². The van der Waals surface area contributed by atoms with E-state index in [1.807, 2.05) is 6.07 Å². The first-order chi connectivity index (χ1) is 12.1. The smallest absolute Gasteiger partial charge is 0.252 e. The van der Waals surface area contributed by atoms with Gasteiger partial charge in [-0.1, -0.05) is 36.4 Å². The average Bonchev–Trinajstić information content (AvgIpc) is 3.07. The number of ketones is 1. The molecule has 1 aromatic heterocycles. The minimum atomic E-state index is -0.297. The van der Waals surface area contributed by atoms with E-state index in [1.54, 1.807) is 48.7 Å². The number of carbonyl (C=O) groups is 1. The summed E-state index contributed by atoms with van der Waals surface area (Å²) in [7, 11) is 0. The second-order valence-corrected chi connectivity index (χ2v) is 5.94. The summed E-state index contributed by atoms with van der Waals surface area (Å²) in [5, 5.41) is 0. The molecular weight excluding hydrogens is 317 g/mol. The molecule has 0 unspecified atom stereocenters. The van der Waals surface area contributed by atoms with Gasteiger partial charge in [-0.3, -0.25) is 9.59 Å². The van der Waals surface area contributed by atoms with Gasteiger partial charge in [-0.2, -0.15) is 0 Å². The standard InChI is InChI=1S/C21H14FNO2/c22-16-6-4-13(5-7-16)14-2-1-3-15(12-14)20(24)18-8-9-19-17(18)10-11-23-21(19)25/h1-8,10-12H,9H2,(H,23,25). The fourth-order valence-electron chi connectivity index (χ4n) is 3.13. The molecule has 0 radical (unpaired) electrons. The van der Waals surface area contributed by atoms with Crippen LogP contribution in [-0.2, 0) is 6.42 Å². The summed E-state index contributed by atoms with van der Waals surface area (Å²) in [6, 6.07) is 15.1. The highest BCUT2D eigenvalue weighted by atomic mass is 19.1. The van der Waals surface area contributed by atoms with Crippen molar-refractivity contribution < 1.29 is 9.18 Å². The van der Waals surface area contributed by atoms with Crippen molar-refractivity contribution in [2.75, 3.05) is 0 Å². The van der Waals surface area contributed by atoms with Gasteiger partial charge in [0, 0.05) is 22.9 Å². The Kier molecular flexibility index (Phi) is 3.65. The number of H-pyrrole nitrogens is 1. The molecule has 0 fully saturated rings. The Balaban J connectivity index is 1.71. The summed E-state index contributed by atoms with van der Waals surface area (Å²) in [6.07, 6.45) is 3.82. The summed E-state index contributed by atoms with van der Waals surface area (Å²) >= 11 is 0. The maximum atomic E-state index is 13.1. The van der Waals surface area contributed by atoms with Crippen LogP contribution in [0.5, 0.6) is 0 Å². The maximum Gasteiger partial charge on any atom is 0.252 e. The normalized spacial score (nSPS) is 12.6. The number of hydrogen-bond acceptors (Lipinski definition) is 2. The van der Waals surface area contributed by atoms with E-state index in [0.717, 1.165) is 11.1 Å². The van der Waals surface area contributed by atoms with E-state index in [9.17, 15) is 14.0 Å². The number of pyridine rings is 1. The molecule has 122 valence electrons. The van der Waals surface area contributed by atoms with Gasteiger partial charge in [-0.05, 0) is 47.4 Å². The van der Waals surface area contributed by atoms with Crippen LogP contribution in [0.3, 0.4) is 0 Å². The molecule has 1 aliphatic rings. The molecule has 2 aromatic carbocycles. The largest absolute Gasteiger partial charge is 0.329 e. The number of carbonyl (C=O) groups excluding carboxylic acids is 1. The van der Waals surface area contributed by atoms with Crippen LogP contribution in [0, 0.1) is 5.82 Å². The van der Waals surface area contributed by atoms with Crippen LogP contribution in [-0.4, -0.2) is 10.8 Å². The lowest BCUT2D eigenvalue weighted by Gasteiger charge is -2.07. The summed E-state index contributed by atoms with van der Waals surface area (Å²) in [5.41, 5.74) is 3.94. The first-order valence-corrected chi connectivity index (χ1v) is 7.95. The molecular formula is C21H14FNO2. The molecule has 0 aliphatic heterocycles. The highest BCUT2D eigenvalue weighted by molar-refractivity contribution is 6.30. The first-order valence-electron chi connectivity index (χ1n) is 7.95. The van der Waals surface area contributed by atoms with E-state index in [2.05, 4.69) is 4.98 Å². The lowest BCUT2D eigenvalue weighted by atomic mass is 9.96. The fraction of sp³-hybridized carbons (Fsp3) is 0.0476. The lowest BCUT2D eigenvalue weighted by molar-refractivity contribution is 0.105. The molecule has 3 nitrogen and oxygen atoms in total. The van der Waals surface area contributed by atoms with E-state index in [4.69, 9.17) is 0 Å². The second kappa shape index (κ2) is 5.98. The van der Waals surface area contributed by atoms with Gasteiger partial charge < -0.3 is 4.98 Å². The molecule has 0 saturated heterocycles. The summed E-state index contributed by atoms with van der Waals surface area (Å²) < 4.78 is 13.1. The zero-order valence-electron chi connectivity index (χ0n) is 13.3. The van der Waals surface area contributed by atoms with Crippen molar-refractivity contribution in [2.45, 2.75) is 6.42 Å². The van der Waals surface area contributed by atoms with Gasteiger partial charge in [0.25, 0.3) is 5.56 Å². The van der Waals surface area contributed by atoms with Crippen LogP contribution < -0.4 is 5.56 Å². The van der Waals surface area contributed by atoms with Crippen molar-refractivity contribution in [3.05, 3.63) is 99.7 Å². The monoisotopic (exact) mass is 331 g/mol. The van der Waals surface area contributed by atoms with Crippen LogP contribution in [0.4, 0.5) is 4.39 Å². The van der Waals surface area contributed by atoms with Crippen LogP contribution in [0.15, 0.2) is 71.7 Å². The Bertz CT molecular complexity index is 1060. The third-order valence-corrected chi connectivity index (χ3v) is 4.41. The molecule has 0 bridgehead atoms. The highest BCUT2D eigenvalue weighted by Crippen LogP contribution is 2.29. The van der Waals surface area contributed by atoms with Crippen molar-refractivity contribution >= 4 is 11.4 Å². The zero-order chi connectivity index (χ0) is 17.4. The Morgan fingerprint density at radius 2 is 1.80 bits per heavy atom. The van der Waals surface area contributed by atoms with Crippen LogP contribution in [0.2, 0.25) is 0 Å². The quantitative estimate of drug-likeness (QED) is 0.738. The van der Waals surface area contributed by atoms with Crippen molar-refractivity contribution in [2.24, 2.45) is 0 Å². The Labute approximate surface area is 143 Å². The van der Waals surface area contributed by atoms with Gasteiger partial charge in [0.15, 0.2) is 5.78 Å². The molecule has 0 amide bonds. The molecule has 0 spiro atoms. The highest BCUT2D eigenvalue weighted by Gasteiger charge is 2.23. The molecule has 4 heteroatoms. The third-order valence-electron chi connectivity index (χ3n) is 4.41. The number of aromatic amines is 1. The Hall–Kier alpha value is -3.27. The maximum absolute atomic E-state index is 13.1. The van der Waals surface area contributed by atoms with Gasteiger partial charge in [-0.15, -0.1) is 0 Å². The van der Waals surface area contributed by atoms with E-state index in [0.29, 0.717) is 28.7 Å². The predicted molar refractivity (Wildman–Crippen MR) is 94.9 cm³/mol. The van der Waals surface area contributed by atoms with Crippen LogP contribution >= 0.6 is 0 Å². The number of fused-ring (bicyclic) bond motifs is 1. The van der Waals surface area contributed by atoms with Crippen molar-refractivity contribution in [1.29, 1.82) is 0 Å². The van der Waals surface area contributed by atoms with E-state index in [1.165, 1.54) is 12.1 Å². The summed E-state index contributed by atoms with van der Waals surface area (Å²) in [4.78, 5) is 27.4. The number of rotatable bonds is 3. The lowest BCUT2D eigenvalue weighted by Crippen LogP contribution is -2.12. The number of halogens is 1. The number of aromatic nitrogens is 1. The molecule has 25 heavy (non-hydrogen) atoms. The van der Waals surface area contributed by atoms with E-state index in [-0.39, 0.29) is 17.2 Å². The van der Waals surface area contributed by atoms with Crippen molar-refractivity contribution in [3.8, 4) is 11.1 Å². The fourth-order valence-corrected chi connectivity index (χ4v) is 3.13. The number of nitrogens with one attached hydrogen (secondary N) is 1. The zero-order valence-corrected chi connectivity index (χ0v) is 13.3. The minimum Gasteiger partial charge on any atom is -0.329 e. The van der Waals surface area contributed by atoms with E-state index < -0.39 is 0 Å². The molecule has 4 rings (SSSR count). The van der Waals surface area contributed by atoms with Crippen molar-refractivity contribution in [1.82, 2.24) is 4.98 Å². The Morgan fingerprint density at radius 1 is 1.00 bits per heavy atom. The minimum absolute atomic E-state index is 0.117. The second-order valence-electron chi connectivity index (χ2n) is 5.94. The van der Waals surface area contributed by atoms with Gasteiger partial charge in [0.1, 0.15) is 5.82 Å². The number of allylic oxidation sites excluding steroid dienone is 2. The van der Waals surface area contributed by atoms with Gasteiger partial charge >= 0.3 is 0 Å². The van der Waals surface area contributed by atoms with E-state index >= 15 is 0 Å². The molecule has 0 saturated carbocycles. The number of Topliss-reactive ketones (excluding diaryl/α,β-unsaturated/α-hetero) is 1. The van der Waals surface area contributed by atoms with Crippen LogP contribution in [0.1, 0.15) is 21.5 Å². The molecule has 1 heterocycles. The third kappa shape index (κ3) is 2.72. The van der Waals surface area contributed by atoms with Crippen molar-refractivity contribution in [3.63, 3.8) is 0 Å². The molecule has 1 N–H and O–H groups in total. The number of benzene rings is 2. The summed E-state index contributed by atoms with van der Waals surface area (Å²) in [5.74, 6) is -0.415. The summed E-state index contributed by atoms with van der Waals surface area (Å²) in [6.45, 7) is 0. The molecule has 0 atom stereocenters. The van der Waals surface area contributed by atoms with Gasteiger partial charge in [0.2, 0.25) is 0 Å². The topological polar surface area (TPSA) is 49.9 Å².